The van der Waals surface area contributed by atoms with E-state index in [2.05, 4.69) is 0 Å². The highest BCUT2D eigenvalue weighted by Crippen LogP contribution is 2.33. The summed E-state index contributed by atoms with van der Waals surface area (Å²) in [5, 5.41) is 0. The van der Waals surface area contributed by atoms with Gasteiger partial charge in [0, 0.05) is 16.7 Å². The van der Waals surface area contributed by atoms with Gasteiger partial charge in [0.25, 0.3) is 0 Å². The molecule has 0 aliphatic heterocycles. The molecule has 0 fully saturated rings. The van der Waals surface area contributed by atoms with Crippen LogP contribution in [0.25, 0.3) is 17.2 Å². The molecule has 0 heterocycles. The first kappa shape index (κ1) is 17.0. The second kappa shape index (κ2) is 6.81. The molecular weight excluding hydrogens is 315 g/mol. The fourth-order valence-corrected chi connectivity index (χ4v) is 2.10. The van der Waals surface area contributed by atoms with Crippen LogP contribution in [0, 0.1) is 23.3 Å². The molecule has 2 aromatic carbocycles. The normalized spacial score (nSPS) is 11.7. The van der Waals surface area contributed by atoms with Gasteiger partial charge in [-0.1, -0.05) is 12.1 Å². The van der Waals surface area contributed by atoms with Crippen molar-refractivity contribution in [3.05, 3.63) is 58.9 Å². The van der Waals surface area contributed by atoms with Crippen LogP contribution in [-0.2, 0) is 0 Å². The van der Waals surface area contributed by atoms with Gasteiger partial charge in [-0.15, -0.1) is 0 Å². The molecule has 0 atom stereocenters. The second-order valence-electron chi connectivity index (χ2n) is 4.73. The number of hydrogen-bond donors (Lipinski definition) is 0. The Hall–Kier alpha value is -2.37. The largest absolute Gasteiger partial charge is 0.491 e. The van der Waals surface area contributed by atoms with E-state index in [0.717, 1.165) is 37.3 Å². The molecule has 0 saturated heterocycles. The average Bonchev–Trinajstić information content (AvgIpc) is 2.50. The van der Waals surface area contributed by atoms with Crippen LogP contribution in [0.2, 0.25) is 0 Å². The van der Waals surface area contributed by atoms with E-state index in [1.54, 1.807) is 6.92 Å². The van der Waals surface area contributed by atoms with E-state index in [1.807, 2.05) is 0 Å². The summed E-state index contributed by atoms with van der Waals surface area (Å²) in [4.78, 5) is 0. The van der Waals surface area contributed by atoms with Gasteiger partial charge in [0.1, 0.15) is 0 Å². The lowest BCUT2D eigenvalue weighted by Crippen LogP contribution is -2.00. The average molecular weight is 328 g/mol. The predicted molar refractivity (Wildman–Crippen MR) is 77.6 cm³/mol. The van der Waals surface area contributed by atoms with Gasteiger partial charge < -0.3 is 4.74 Å². The summed E-state index contributed by atoms with van der Waals surface area (Å²) in [6, 6.07) is 4.38. The van der Waals surface area contributed by atoms with Crippen molar-refractivity contribution in [1.82, 2.24) is 0 Å². The summed E-state index contributed by atoms with van der Waals surface area (Å²) in [5.74, 6) is -6.39. The van der Waals surface area contributed by atoms with Gasteiger partial charge in [0.05, 0.1) is 12.4 Å². The molecule has 0 bridgehead atoms. The fraction of sp³-hybridized carbons (Fsp3) is 0.176. The number of halogens is 5. The molecule has 2 aromatic rings. The van der Waals surface area contributed by atoms with Crippen molar-refractivity contribution in [2.24, 2.45) is 0 Å². The molecule has 0 unspecified atom stereocenters. The Bertz CT molecular complexity index is 764. The number of ether oxygens (including phenoxy) is 1. The van der Waals surface area contributed by atoms with Gasteiger partial charge in [0.15, 0.2) is 23.2 Å². The van der Waals surface area contributed by atoms with Gasteiger partial charge in [-0.3, -0.25) is 0 Å². The lowest BCUT2D eigenvalue weighted by molar-refractivity contribution is 0.314. The second-order valence-corrected chi connectivity index (χ2v) is 4.73. The SMILES string of the molecule is CCOc1ccc(-c2ccc(C=C(C)F)c(F)c2F)c(F)c1F. The Balaban J connectivity index is 2.58. The molecule has 0 spiro atoms. The molecule has 23 heavy (non-hydrogen) atoms. The van der Waals surface area contributed by atoms with E-state index in [9.17, 15) is 22.0 Å². The summed E-state index contributed by atoms with van der Waals surface area (Å²) >= 11 is 0. The van der Waals surface area contributed by atoms with Crippen molar-refractivity contribution < 1.29 is 26.7 Å². The van der Waals surface area contributed by atoms with Crippen LogP contribution in [0.1, 0.15) is 19.4 Å². The molecule has 0 aliphatic carbocycles. The summed E-state index contributed by atoms with van der Waals surface area (Å²) in [7, 11) is 0. The highest BCUT2D eigenvalue weighted by atomic mass is 19.2. The van der Waals surface area contributed by atoms with Gasteiger partial charge in [-0.25, -0.2) is 17.6 Å². The van der Waals surface area contributed by atoms with Crippen molar-refractivity contribution in [1.29, 1.82) is 0 Å². The maximum Gasteiger partial charge on any atom is 0.201 e. The van der Waals surface area contributed by atoms with E-state index >= 15 is 0 Å². The summed E-state index contributed by atoms with van der Waals surface area (Å²) < 4.78 is 73.6. The zero-order chi connectivity index (χ0) is 17.1. The highest BCUT2D eigenvalue weighted by Gasteiger charge is 2.20. The van der Waals surface area contributed by atoms with E-state index < -0.39 is 40.2 Å². The van der Waals surface area contributed by atoms with Gasteiger partial charge >= 0.3 is 0 Å². The monoisotopic (exact) mass is 328 g/mol. The molecule has 0 saturated carbocycles. The third-order valence-corrected chi connectivity index (χ3v) is 3.10. The molecule has 0 N–H and O–H groups in total. The number of rotatable bonds is 4. The molecule has 0 aromatic heterocycles. The third kappa shape index (κ3) is 3.36. The van der Waals surface area contributed by atoms with Crippen molar-refractivity contribution in [3.8, 4) is 16.9 Å². The van der Waals surface area contributed by atoms with Crippen molar-refractivity contribution >= 4 is 6.08 Å². The smallest absolute Gasteiger partial charge is 0.201 e. The van der Waals surface area contributed by atoms with E-state index in [1.165, 1.54) is 0 Å². The molecule has 0 radical (unpaired) electrons. The maximum absolute atomic E-state index is 14.1. The number of allylic oxidation sites excluding steroid dienone is 1. The zero-order valence-electron chi connectivity index (χ0n) is 12.4. The van der Waals surface area contributed by atoms with E-state index in [4.69, 9.17) is 4.74 Å². The zero-order valence-corrected chi connectivity index (χ0v) is 12.4. The van der Waals surface area contributed by atoms with Gasteiger partial charge in [0.2, 0.25) is 5.82 Å². The topological polar surface area (TPSA) is 9.23 Å². The fourth-order valence-electron chi connectivity index (χ4n) is 2.10. The number of hydrogen-bond acceptors (Lipinski definition) is 1. The van der Waals surface area contributed by atoms with Gasteiger partial charge in [-0.2, -0.15) is 4.39 Å². The first-order valence-corrected chi connectivity index (χ1v) is 6.79. The molecule has 122 valence electrons. The van der Waals surface area contributed by atoms with E-state index in [-0.39, 0.29) is 17.9 Å². The summed E-state index contributed by atoms with van der Waals surface area (Å²) in [6.45, 7) is 2.80. The van der Waals surface area contributed by atoms with E-state index in [0.29, 0.717) is 0 Å². The lowest BCUT2D eigenvalue weighted by Gasteiger charge is -2.11. The van der Waals surface area contributed by atoms with Crippen molar-refractivity contribution in [2.75, 3.05) is 6.61 Å². The van der Waals surface area contributed by atoms with Crippen LogP contribution >= 0.6 is 0 Å². The van der Waals surface area contributed by atoms with Crippen LogP contribution in [0.3, 0.4) is 0 Å². The highest BCUT2D eigenvalue weighted by molar-refractivity contribution is 5.68. The third-order valence-electron chi connectivity index (χ3n) is 3.10. The van der Waals surface area contributed by atoms with Crippen LogP contribution in [0.4, 0.5) is 22.0 Å². The Labute approximate surface area is 130 Å². The van der Waals surface area contributed by atoms with Crippen LogP contribution in [0.5, 0.6) is 5.75 Å². The Morgan fingerprint density at radius 1 is 0.913 bits per heavy atom. The molecular formula is C17H13F5O. The Morgan fingerprint density at radius 3 is 2.04 bits per heavy atom. The van der Waals surface area contributed by atoms with Crippen LogP contribution in [-0.4, -0.2) is 6.61 Å². The molecule has 2 rings (SSSR count). The molecule has 0 aliphatic rings. The minimum Gasteiger partial charge on any atom is -0.491 e. The number of benzene rings is 2. The minimum atomic E-state index is -1.39. The summed E-state index contributed by atoms with van der Waals surface area (Å²) in [5.41, 5.74) is -1.23. The maximum atomic E-state index is 14.1. The van der Waals surface area contributed by atoms with Crippen LogP contribution in [0.15, 0.2) is 30.1 Å². The first-order chi connectivity index (χ1) is 10.9. The molecule has 0 amide bonds. The quantitative estimate of drug-likeness (QED) is 0.660. The predicted octanol–water partition coefficient (Wildman–Crippen LogP) is 5.64. The molecule has 6 heteroatoms. The first-order valence-electron chi connectivity index (χ1n) is 6.79. The van der Waals surface area contributed by atoms with Crippen molar-refractivity contribution in [2.45, 2.75) is 13.8 Å². The van der Waals surface area contributed by atoms with Crippen LogP contribution < -0.4 is 4.74 Å². The Kier molecular flexibility index (Phi) is 5.03. The Morgan fingerprint density at radius 2 is 1.48 bits per heavy atom. The van der Waals surface area contributed by atoms with Crippen molar-refractivity contribution in [3.63, 3.8) is 0 Å². The lowest BCUT2D eigenvalue weighted by atomic mass is 10.0. The van der Waals surface area contributed by atoms with Gasteiger partial charge in [-0.05, 0) is 32.1 Å². The molecule has 1 nitrogen and oxygen atoms in total. The minimum absolute atomic E-state index is 0.127. The standard InChI is InChI=1S/C17H13F5O/c1-3-23-13-7-6-12(16(21)17(13)22)11-5-4-10(8-9(2)18)14(19)15(11)20/h4-8H,3H2,1-2H3. The summed E-state index contributed by atoms with van der Waals surface area (Å²) in [6.07, 6.45) is 0.803.